The molecule has 0 spiro atoms. The fourth-order valence-electron chi connectivity index (χ4n) is 2.19. The Kier molecular flexibility index (Phi) is 3.73. The Bertz CT molecular complexity index is 566. The van der Waals surface area contributed by atoms with Crippen LogP contribution < -0.4 is 15.0 Å². The van der Waals surface area contributed by atoms with Gasteiger partial charge in [0.05, 0.1) is 19.0 Å². The third-order valence-corrected chi connectivity index (χ3v) is 3.33. The van der Waals surface area contributed by atoms with E-state index in [0.29, 0.717) is 5.95 Å². The molecule has 2 aromatic rings. The molecular weight excluding hydrogens is 254 g/mol. The molecule has 0 saturated carbocycles. The maximum absolute atomic E-state index is 5.16. The lowest BCUT2D eigenvalue weighted by atomic mass is 10.1. The Morgan fingerprint density at radius 1 is 1.15 bits per heavy atom. The highest BCUT2D eigenvalue weighted by atomic mass is 16.5. The standard InChI is InChI=1S/C14H17N5O/c1-20-12-4-2-11(3-5-12)13-10-16-18-14(17-13)19-8-6-15-7-9-19/h2-5,10,15H,6-9H2,1H3. The van der Waals surface area contributed by atoms with Crippen molar-refractivity contribution >= 4 is 5.95 Å². The predicted molar refractivity (Wildman–Crippen MR) is 76.9 cm³/mol. The van der Waals surface area contributed by atoms with Crippen LogP contribution >= 0.6 is 0 Å². The van der Waals surface area contributed by atoms with Crippen LogP contribution in [-0.4, -0.2) is 48.5 Å². The average Bonchev–Trinajstić information content (AvgIpc) is 2.56. The molecular formula is C14H17N5O. The molecule has 6 heteroatoms. The van der Waals surface area contributed by atoms with Crippen molar-refractivity contribution in [3.63, 3.8) is 0 Å². The summed E-state index contributed by atoms with van der Waals surface area (Å²) in [5.74, 6) is 1.53. The van der Waals surface area contributed by atoms with Gasteiger partial charge in [-0.3, -0.25) is 0 Å². The summed E-state index contributed by atoms with van der Waals surface area (Å²) in [4.78, 5) is 6.76. The zero-order valence-corrected chi connectivity index (χ0v) is 11.4. The van der Waals surface area contributed by atoms with Gasteiger partial charge in [-0.25, -0.2) is 4.98 Å². The highest BCUT2D eigenvalue weighted by Gasteiger charge is 2.14. The van der Waals surface area contributed by atoms with Crippen molar-refractivity contribution in [2.24, 2.45) is 0 Å². The van der Waals surface area contributed by atoms with E-state index in [1.54, 1.807) is 13.3 Å². The molecule has 1 aliphatic heterocycles. The molecule has 3 rings (SSSR count). The number of piperazine rings is 1. The van der Waals surface area contributed by atoms with Crippen LogP contribution in [0, 0.1) is 0 Å². The monoisotopic (exact) mass is 271 g/mol. The average molecular weight is 271 g/mol. The van der Waals surface area contributed by atoms with Crippen molar-refractivity contribution < 1.29 is 4.74 Å². The molecule has 1 aromatic heterocycles. The smallest absolute Gasteiger partial charge is 0.245 e. The number of rotatable bonds is 3. The zero-order valence-electron chi connectivity index (χ0n) is 11.4. The van der Waals surface area contributed by atoms with Crippen LogP contribution in [-0.2, 0) is 0 Å². The largest absolute Gasteiger partial charge is 0.497 e. The Hall–Kier alpha value is -2.21. The third-order valence-electron chi connectivity index (χ3n) is 3.33. The number of hydrogen-bond acceptors (Lipinski definition) is 6. The van der Waals surface area contributed by atoms with Gasteiger partial charge in [-0.1, -0.05) is 0 Å². The Labute approximate surface area is 117 Å². The molecule has 0 atom stereocenters. The van der Waals surface area contributed by atoms with Crippen LogP contribution in [0.15, 0.2) is 30.5 Å². The van der Waals surface area contributed by atoms with Crippen molar-refractivity contribution in [1.82, 2.24) is 20.5 Å². The van der Waals surface area contributed by atoms with E-state index in [2.05, 4.69) is 25.4 Å². The van der Waals surface area contributed by atoms with Crippen molar-refractivity contribution in [3.05, 3.63) is 30.5 Å². The van der Waals surface area contributed by atoms with E-state index in [-0.39, 0.29) is 0 Å². The van der Waals surface area contributed by atoms with Crippen molar-refractivity contribution in [2.75, 3.05) is 38.2 Å². The molecule has 1 fully saturated rings. The molecule has 0 bridgehead atoms. The summed E-state index contributed by atoms with van der Waals surface area (Å²) >= 11 is 0. The Morgan fingerprint density at radius 3 is 2.60 bits per heavy atom. The molecule has 6 nitrogen and oxygen atoms in total. The van der Waals surface area contributed by atoms with Gasteiger partial charge in [-0.05, 0) is 24.3 Å². The highest BCUT2D eigenvalue weighted by molar-refractivity contribution is 5.60. The summed E-state index contributed by atoms with van der Waals surface area (Å²) in [5, 5.41) is 11.5. The van der Waals surface area contributed by atoms with Crippen LogP contribution in [0.3, 0.4) is 0 Å². The van der Waals surface area contributed by atoms with Crippen molar-refractivity contribution in [2.45, 2.75) is 0 Å². The summed E-state index contributed by atoms with van der Waals surface area (Å²) in [5.41, 5.74) is 1.84. The molecule has 0 radical (unpaired) electrons. The first-order valence-electron chi connectivity index (χ1n) is 6.66. The molecule has 0 aliphatic carbocycles. The second kappa shape index (κ2) is 5.83. The summed E-state index contributed by atoms with van der Waals surface area (Å²) in [6.07, 6.45) is 1.69. The van der Waals surface area contributed by atoms with Crippen LogP contribution in [0.1, 0.15) is 0 Å². The number of hydrogen-bond donors (Lipinski definition) is 1. The normalized spacial score (nSPS) is 15.2. The van der Waals surface area contributed by atoms with Crippen LogP contribution in [0.4, 0.5) is 5.95 Å². The van der Waals surface area contributed by atoms with Crippen molar-refractivity contribution in [1.29, 1.82) is 0 Å². The minimum absolute atomic E-state index is 0.694. The van der Waals surface area contributed by atoms with Gasteiger partial charge in [0.25, 0.3) is 0 Å². The first-order chi connectivity index (χ1) is 9.86. The van der Waals surface area contributed by atoms with E-state index in [0.717, 1.165) is 43.2 Å². The van der Waals surface area contributed by atoms with E-state index in [1.807, 2.05) is 24.3 Å². The minimum Gasteiger partial charge on any atom is -0.497 e. The lowest BCUT2D eigenvalue weighted by Crippen LogP contribution is -2.44. The third kappa shape index (κ3) is 2.70. The van der Waals surface area contributed by atoms with Gasteiger partial charge < -0.3 is 15.0 Å². The lowest BCUT2D eigenvalue weighted by molar-refractivity contribution is 0.415. The number of nitrogens with one attached hydrogen (secondary N) is 1. The molecule has 104 valence electrons. The Balaban J connectivity index is 1.85. The fourth-order valence-corrected chi connectivity index (χ4v) is 2.19. The second-order valence-corrected chi connectivity index (χ2v) is 4.61. The van der Waals surface area contributed by atoms with Gasteiger partial charge in [0.1, 0.15) is 5.75 Å². The van der Waals surface area contributed by atoms with Gasteiger partial charge in [-0.15, -0.1) is 5.10 Å². The van der Waals surface area contributed by atoms with Crippen LogP contribution in [0.25, 0.3) is 11.3 Å². The number of ether oxygens (including phenoxy) is 1. The van der Waals surface area contributed by atoms with Crippen LogP contribution in [0.5, 0.6) is 5.75 Å². The lowest BCUT2D eigenvalue weighted by Gasteiger charge is -2.26. The molecule has 0 amide bonds. The van der Waals surface area contributed by atoms with Crippen LogP contribution in [0.2, 0.25) is 0 Å². The predicted octanol–water partition coefficient (Wildman–Crippen LogP) is 0.957. The SMILES string of the molecule is COc1ccc(-c2cnnc(N3CCNCC3)n2)cc1. The maximum atomic E-state index is 5.16. The minimum atomic E-state index is 0.694. The van der Waals surface area contributed by atoms with Gasteiger partial charge >= 0.3 is 0 Å². The summed E-state index contributed by atoms with van der Waals surface area (Å²) in [6.45, 7) is 3.73. The number of nitrogens with zero attached hydrogens (tertiary/aromatic N) is 4. The van der Waals surface area contributed by atoms with E-state index >= 15 is 0 Å². The van der Waals surface area contributed by atoms with E-state index in [9.17, 15) is 0 Å². The van der Waals surface area contributed by atoms with E-state index < -0.39 is 0 Å². The zero-order chi connectivity index (χ0) is 13.8. The molecule has 0 unspecified atom stereocenters. The Morgan fingerprint density at radius 2 is 1.90 bits per heavy atom. The molecule has 1 N–H and O–H groups in total. The number of anilines is 1. The van der Waals surface area contributed by atoms with Gasteiger partial charge in [0.2, 0.25) is 5.95 Å². The number of aromatic nitrogens is 3. The molecule has 1 aliphatic rings. The molecule has 1 saturated heterocycles. The molecule has 1 aromatic carbocycles. The molecule has 2 heterocycles. The second-order valence-electron chi connectivity index (χ2n) is 4.61. The fraction of sp³-hybridized carbons (Fsp3) is 0.357. The van der Waals surface area contributed by atoms with Gasteiger partial charge in [0, 0.05) is 31.7 Å². The topological polar surface area (TPSA) is 63.2 Å². The van der Waals surface area contributed by atoms with E-state index in [1.165, 1.54) is 0 Å². The number of methoxy groups -OCH3 is 1. The maximum Gasteiger partial charge on any atom is 0.245 e. The highest BCUT2D eigenvalue weighted by Crippen LogP contribution is 2.21. The van der Waals surface area contributed by atoms with Crippen molar-refractivity contribution in [3.8, 4) is 17.0 Å². The molecule has 20 heavy (non-hydrogen) atoms. The van der Waals surface area contributed by atoms with Gasteiger partial charge in [0.15, 0.2) is 0 Å². The summed E-state index contributed by atoms with van der Waals surface area (Å²) < 4.78 is 5.16. The van der Waals surface area contributed by atoms with E-state index in [4.69, 9.17) is 4.74 Å². The number of benzene rings is 1. The summed E-state index contributed by atoms with van der Waals surface area (Å²) in [6, 6.07) is 7.79. The van der Waals surface area contributed by atoms with Gasteiger partial charge in [-0.2, -0.15) is 5.10 Å². The summed E-state index contributed by atoms with van der Waals surface area (Å²) in [7, 11) is 1.66. The first kappa shape index (κ1) is 12.8. The quantitative estimate of drug-likeness (QED) is 0.897. The first-order valence-corrected chi connectivity index (χ1v) is 6.66.